The SMILES string of the molecule is C=C/C(=C\C)SC(C)(C)Sc1cc(C(C)(C)C)c(O)c(C(C)(C)CCO)c1. The summed E-state index contributed by atoms with van der Waals surface area (Å²) < 4.78 is -0.0828. The van der Waals surface area contributed by atoms with Crippen LogP contribution in [-0.2, 0) is 10.8 Å². The second kappa shape index (κ2) is 9.11. The number of thioether (sulfide) groups is 2. The van der Waals surface area contributed by atoms with Crippen LogP contribution in [0.5, 0.6) is 5.75 Å². The van der Waals surface area contributed by atoms with Crippen LogP contribution >= 0.6 is 23.5 Å². The van der Waals surface area contributed by atoms with Crippen molar-refractivity contribution >= 4 is 23.5 Å². The van der Waals surface area contributed by atoms with Crippen molar-refractivity contribution in [3.63, 3.8) is 0 Å². The zero-order chi connectivity index (χ0) is 21.0. The van der Waals surface area contributed by atoms with Gasteiger partial charge in [0.1, 0.15) is 5.75 Å². The molecule has 0 heterocycles. The fraction of sp³-hybridized carbons (Fsp3) is 0.565. The van der Waals surface area contributed by atoms with Gasteiger partial charge in [-0.05, 0) is 50.2 Å². The Hall–Kier alpha value is -0.840. The van der Waals surface area contributed by atoms with Gasteiger partial charge in [-0.2, -0.15) is 0 Å². The maximum Gasteiger partial charge on any atom is 0.123 e. The van der Waals surface area contributed by atoms with E-state index in [4.69, 9.17) is 0 Å². The Balaban J connectivity index is 3.45. The third-order valence-corrected chi connectivity index (χ3v) is 7.16. The van der Waals surface area contributed by atoms with E-state index in [1.807, 2.05) is 13.0 Å². The molecule has 152 valence electrons. The van der Waals surface area contributed by atoms with E-state index in [0.29, 0.717) is 12.2 Å². The maximum absolute atomic E-state index is 11.0. The molecule has 0 aliphatic carbocycles. The number of rotatable bonds is 8. The van der Waals surface area contributed by atoms with Crippen LogP contribution in [-0.4, -0.2) is 20.9 Å². The van der Waals surface area contributed by atoms with Crippen molar-refractivity contribution in [1.29, 1.82) is 0 Å². The zero-order valence-electron chi connectivity index (χ0n) is 18.1. The van der Waals surface area contributed by atoms with Gasteiger partial charge in [0.2, 0.25) is 0 Å². The molecule has 0 aliphatic heterocycles. The molecule has 1 aromatic carbocycles. The molecule has 2 nitrogen and oxygen atoms in total. The minimum Gasteiger partial charge on any atom is -0.507 e. The number of hydrogen-bond acceptors (Lipinski definition) is 4. The minimum absolute atomic E-state index is 0.0828. The Morgan fingerprint density at radius 1 is 1.07 bits per heavy atom. The quantitative estimate of drug-likeness (QED) is 0.276. The summed E-state index contributed by atoms with van der Waals surface area (Å²) in [6.45, 7) is 20.9. The highest BCUT2D eigenvalue weighted by Gasteiger charge is 2.31. The molecule has 1 rings (SSSR count). The van der Waals surface area contributed by atoms with Crippen LogP contribution in [0.3, 0.4) is 0 Å². The molecule has 0 atom stereocenters. The van der Waals surface area contributed by atoms with Gasteiger partial charge in [0.15, 0.2) is 0 Å². The summed E-state index contributed by atoms with van der Waals surface area (Å²) in [4.78, 5) is 2.29. The van der Waals surface area contributed by atoms with Crippen molar-refractivity contribution in [3.05, 3.63) is 46.9 Å². The van der Waals surface area contributed by atoms with Crippen molar-refractivity contribution < 1.29 is 10.2 Å². The van der Waals surface area contributed by atoms with Gasteiger partial charge in [-0.1, -0.05) is 53.3 Å². The van der Waals surface area contributed by atoms with Crippen LogP contribution in [0.1, 0.15) is 72.9 Å². The molecule has 0 fully saturated rings. The molecule has 0 unspecified atom stereocenters. The van der Waals surface area contributed by atoms with Gasteiger partial charge >= 0.3 is 0 Å². The van der Waals surface area contributed by atoms with Crippen LogP contribution in [0.2, 0.25) is 0 Å². The molecule has 1 aromatic rings. The van der Waals surface area contributed by atoms with Crippen LogP contribution in [0, 0.1) is 0 Å². The summed E-state index contributed by atoms with van der Waals surface area (Å²) in [5, 5.41) is 20.5. The highest BCUT2D eigenvalue weighted by Crippen LogP contribution is 2.49. The molecule has 2 N–H and O–H groups in total. The summed E-state index contributed by atoms with van der Waals surface area (Å²) in [7, 11) is 0. The number of aliphatic hydroxyl groups excluding tert-OH is 1. The molecule has 0 saturated carbocycles. The fourth-order valence-electron chi connectivity index (χ4n) is 2.98. The first-order valence-corrected chi connectivity index (χ1v) is 11.1. The highest BCUT2D eigenvalue weighted by molar-refractivity contribution is 8.20. The molecule has 0 bridgehead atoms. The molecule has 0 saturated heterocycles. The van der Waals surface area contributed by atoms with Crippen molar-refractivity contribution in [2.24, 2.45) is 0 Å². The smallest absolute Gasteiger partial charge is 0.123 e. The predicted molar refractivity (Wildman–Crippen MR) is 123 cm³/mol. The second-order valence-electron chi connectivity index (χ2n) is 8.97. The summed E-state index contributed by atoms with van der Waals surface area (Å²) >= 11 is 3.58. The first-order chi connectivity index (χ1) is 12.3. The molecule has 4 heteroatoms. The van der Waals surface area contributed by atoms with E-state index >= 15 is 0 Å². The average Bonchev–Trinajstić information content (AvgIpc) is 2.52. The Morgan fingerprint density at radius 2 is 1.63 bits per heavy atom. The molecule has 0 radical (unpaired) electrons. The molecule has 0 spiro atoms. The first-order valence-electron chi connectivity index (χ1n) is 9.43. The predicted octanol–water partition coefficient (Wildman–Crippen LogP) is 7.00. The lowest BCUT2D eigenvalue weighted by Gasteiger charge is -2.32. The Bertz CT molecular complexity index is 695. The number of phenolic OH excluding ortho intramolecular Hbond substituents is 1. The summed E-state index contributed by atoms with van der Waals surface area (Å²) in [6, 6.07) is 4.21. The number of benzene rings is 1. The summed E-state index contributed by atoms with van der Waals surface area (Å²) in [5.74, 6) is 0.357. The molecule has 0 aromatic heterocycles. The first kappa shape index (κ1) is 24.2. The maximum atomic E-state index is 11.0. The summed E-state index contributed by atoms with van der Waals surface area (Å²) in [6.07, 6.45) is 4.57. The van der Waals surface area contributed by atoms with Crippen molar-refractivity contribution in [3.8, 4) is 5.75 Å². The molecule has 0 amide bonds. The van der Waals surface area contributed by atoms with Crippen molar-refractivity contribution in [2.75, 3.05) is 6.61 Å². The van der Waals surface area contributed by atoms with E-state index in [0.717, 1.165) is 20.9 Å². The number of phenols is 1. The van der Waals surface area contributed by atoms with Crippen molar-refractivity contribution in [1.82, 2.24) is 0 Å². The highest BCUT2D eigenvalue weighted by atomic mass is 32.2. The Morgan fingerprint density at radius 3 is 2.07 bits per heavy atom. The van der Waals surface area contributed by atoms with Gasteiger partial charge in [-0.15, -0.1) is 23.5 Å². The van der Waals surface area contributed by atoms with Crippen LogP contribution in [0.15, 0.2) is 40.7 Å². The van der Waals surface area contributed by atoms with Crippen molar-refractivity contribution in [2.45, 2.75) is 81.6 Å². The third-order valence-electron chi connectivity index (χ3n) is 4.57. The molecule has 0 aliphatic rings. The van der Waals surface area contributed by atoms with Gasteiger partial charge < -0.3 is 10.2 Å². The van der Waals surface area contributed by atoms with E-state index < -0.39 is 0 Å². The lowest BCUT2D eigenvalue weighted by Crippen LogP contribution is -2.22. The normalized spacial score (nSPS) is 13.7. The second-order valence-corrected chi connectivity index (χ2v) is 12.6. The van der Waals surface area contributed by atoms with E-state index in [1.54, 1.807) is 23.5 Å². The standard InChI is InChI=1S/C23H36O2S2/c1-10-16(11-2)26-23(8,9)27-17-14-18(21(3,4)5)20(25)19(15-17)22(6,7)12-13-24/h10-11,14-15,24-25H,1,12-13H2,2-9H3/b16-11+. The topological polar surface area (TPSA) is 40.5 Å². The van der Waals surface area contributed by atoms with Gasteiger partial charge in [-0.3, -0.25) is 0 Å². The molecular formula is C23H36O2S2. The molecular weight excluding hydrogens is 372 g/mol. The van der Waals surface area contributed by atoms with E-state index in [-0.39, 0.29) is 21.5 Å². The Labute approximate surface area is 174 Å². The number of aliphatic hydroxyl groups is 1. The van der Waals surface area contributed by atoms with Gasteiger partial charge in [0, 0.05) is 27.5 Å². The fourth-order valence-corrected chi connectivity index (χ4v) is 5.41. The Kier molecular flexibility index (Phi) is 8.16. The number of aromatic hydroxyl groups is 1. The van der Waals surface area contributed by atoms with Crippen LogP contribution < -0.4 is 0 Å². The number of hydrogen-bond donors (Lipinski definition) is 2. The van der Waals surface area contributed by atoms with Crippen LogP contribution in [0.25, 0.3) is 0 Å². The lowest BCUT2D eigenvalue weighted by atomic mass is 9.77. The van der Waals surface area contributed by atoms with Gasteiger partial charge in [-0.25, -0.2) is 0 Å². The van der Waals surface area contributed by atoms with Gasteiger partial charge in [0.25, 0.3) is 0 Å². The third kappa shape index (κ3) is 6.62. The van der Waals surface area contributed by atoms with E-state index in [2.05, 4.69) is 73.3 Å². The largest absolute Gasteiger partial charge is 0.507 e. The lowest BCUT2D eigenvalue weighted by molar-refractivity contribution is 0.249. The minimum atomic E-state index is -0.303. The van der Waals surface area contributed by atoms with Gasteiger partial charge in [0.05, 0.1) is 4.08 Å². The monoisotopic (exact) mass is 408 g/mol. The molecule has 27 heavy (non-hydrogen) atoms. The zero-order valence-corrected chi connectivity index (χ0v) is 19.8. The summed E-state index contributed by atoms with van der Waals surface area (Å²) in [5.41, 5.74) is 1.38. The van der Waals surface area contributed by atoms with E-state index in [1.165, 1.54) is 0 Å². The van der Waals surface area contributed by atoms with Crippen LogP contribution in [0.4, 0.5) is 0 Å². The van der Waals surface area contributed by atoms with E-state index in [9.17, 15) is 10.2 Å². The average molecular weight is 409 g/mol. The number of allylic oxidation sites excluding steroid dienone is 2.